The Morgan fingerprint density at radius 1 is 1.13 bits per heavy atom. The van der Waals surface area contributed by atoms with Crippen LogP contribution in [0.2, 0.25) is 0 Å². The highest BCUT2D eigenvalue weighted by molar-refractivity contribution is 4.84. The van der Waals surface area contributed by atoms with Crippen molar-refractivity contribution in [2.75, 3.05) is 40.3 Å². The van der Waals surface area contributed by atoms with Gasteiger partial charge in [-0.3, -0.25) is 4.90 Å². The Kier molecular flexibility index (Phi) is 4.00. The second-order valence-electron chi connectivity index (χ2n) is 5.20. The van der Waals surface area contributed by atoms with Crippen LogP contribution in [0.5, 0.6) is 0 Å². The van der Waals surface area contributed by atoms with Crippen LogP contribution < -0.4 is 5.32 Å². The van der Waals surface area contributed by atoms with Crippen LogP contribution in [0.1, 0.15) is 25.7 Å². The molecule has 1 atom stereocenters. The van der Waals surface area contributed by atoms with Crippen molar-refractivity contribution in [1.82, 2.24) is 15.1 Å². The van der Waals surface area contributed by atoms with Crippen molar-refractivity contribution in [2.45, 2.75) is 37.8 Å². The lowest BCUT2D eigenvalue weighted by Crippen LogP contribution is -2.51. The van der Waals surface area contributed by atoms with E-state index in [1.165, 1.54) is 51.9 Å². The van der Waals surface area contributed by atoms with Crippen molar-refractivity contribution >= 4 is 0 Å². The molecule has 2 rings (SSSR count). The zero-order chi connectivity index (χ0) is 10.7. The molecule has 3 nitrogen and oxygen atoms in total. The predicted octanol–water partition coefficient (Wildman–Crippen LogP) is 0.764. The maximum Gasteiger partial charge on any atom is 0.0221 e. The molecule has 2 saturated heterocycles. The van der Waals surface area contributed by atoms with Gasteiger partial charge in [0.2, 0.25) is 0 Å². The summed E-state index contributed by atoms with van der Waals surface area (Å²) in [6, 6.07) is 1.61. The van der Waals surface area contributed by atoms with Gasteiger partial charge in [0.25, 0.3) is 0 Å². The van der Waals surface area contributed by atoms with Crippen LogP contribution in [-0.4, -0.2) is 62.2 Å². The average molecular weight is 211 g/mol. The third-order valence-corrected chi connectivity index (χ3v) is 4.11. The van der Waals surface area contributed by atoms with Gasteiger partial charge in [0.05, 0.1) is 0 Å². The van der Waals surface area contributed by atoms with Gasteiger partial charge in [0, 0.05) is 18.6 Å². The van der Waals surface area contributed by atoms with E-state index >= 15 is 0 Å². The second kappa shape index (κ2) is 5.28. The zero-order valence-electron chi connectivity index (χ0n) is 10.2. The molecule has 88 valence electrons. The Labute approximate surface area is 93.8 Å². The lowest BCUT2D eigenvalue weighted by atomic mass is 9.99. The van der Waals surface area contributed by atoms with Crippen LogP contribution in [0.15, 0.2) is 0 Å². The maximum absolute atomic E-state index is 3.51. The van der Waals surface area contributed by atoms with E-state index in [1.807, 2.05) is 0 Å². The first kappa shape index (κ1) is 11.4. The number of likely N-dealkylation sites (N-methyl/N-ethyl adjacent to an activating group) is 1. The van der Waals surface area contributed by atoms with Gasteiger partial charge < -0.3 is 10.2 Å². The molecule has 2 aliphatic rings. The minimum atomic E-state index is 0.784. The SMILES string of the molecule is CN1CCC(N(C)C2CCCNC2)CC1. The van der Waals surface area contributed by atoms with E-state index < -0.39 is 0 Å². The molecular formula is C12H25N3. The van der Waals surface area contributed by atoms with Gasteiger partial charge in [0.1, 0.15) is 0 Å². The van der Waals surface area contributed by atoms with E-state index in [0.717, 1.165) is 12.1 Å². The Balaban J connectivity index is 1.81. The van der Waals surface area contributed by atoms with Crippen LogP contribution in [0, 0.1) is 0 Å². The molecule has 0 aromatic heterocycles. The number of nitrogens with zero attached hydrogens (tertiary/aromatic N) is 2. The topological polar surface area (TPSA) is 18.5 Å². The molecule has 0 aliphatic carbocycles. The number of nitrogens with one attached hydrogen (secondary N) is 1. The van der Waals surface area contributed by atoms with Gasteiger partial charge in [-0.15, -0.1) is 0 Å². The minimum Gasteiger partial charge on any atom is -0.315 e. The van der Waals surface area contributed by atoms with E-state index in [1.54, 1.807) is 0 Å². The van der Waals surface area contributed by atoms with Crippen LogP contribution in [-0.2, 0) is 0 Å². The quantitative estimate of drug-likeness (QED) is 0.728. The molecule has 0 aromatic rings. The zero-order valence-corrected chi connectivity index (χ0v) is 10.2. The van der Waals surface area contributed by atoms with Gasteiger partial charge in [-0.25, -0.2) is 0 Å². The third kappa shape index (κ3) is 2.92. The fourth-order valence-corrected chi connectivity index (χ4v) is 2.88. The molecule has 2 heterocycles. The van der Waals surface area contributed by atoms with E-state index in [9.17, 15) is 0 Å². The molecule has 1 unspecified atom stereocenters. The Morgan fingerprint density at radius 2 is 1.87 bits per heavy atom. The van der Waals surface area contributed by atoms with E-state index in [-0.39, 0.29) is 0 Å². The molecule has 0 aromatic carbocycles. The standard InChI is InChI=1S/C12H25N3/c1-14-8-5-11(6-9-14)15(2)12-4-3-7-13-10-12/h11-13H,3-10H2,1-2H3. The summed E-state index contributed by atoms with van der Waals surface area (Å²) in [6.45, 7) is 4.96. The van der Waals surface area contributed by atoms with Crippen LogP contribution in [0.25, 0.3) is 0 Å². The molecule has 0 amide bonds. The summed E-state index contributed by atoms with van der Waals surface area (Å²) in [5.41, 5.74) is 0. The molecule has 1 N–H and O–H groups in total. The molecule has 0 spiro atoms. The molecule has 0 saturated carbocycles. The third-order valence-electron chi connectivity index (χ3n) is 4.11. The molecule has 2 aliphatic heterocycles. The lowest BCUT2D eigenvalue weighted by molar-refractivity contribution is 0.0941. The van der Waals surface area contributed by atoms with Gasteiger partial charge in [0.15, 0.2) is 0 Å². The fourth-order valence-electron chi connectivity index (χ4n) is 2.88. The summed E-state index contributed by atoms with van der Waals surface area (Å²) in [5.74, 6) is 0. The summed E-state index contributed by atoms with van der Waals surface area (Å²) in [5, 5.41) is 3.51. The van der Waals surface area contributed by atoms with Crippen LogP contribution in [0.3, 0.4) is 0 Å². The Hall–Kier alpha value is -0.120. The van der Waals surface area contributed by atoms with E-state index in [0.29, 0.717) is 0 Å². The summed E-state index contributed by atoms with van der Waals surface area (Å²) < 4.78 is 0. The highest BCUT2D eigenvalue weighted by Gasteiger charge is 2.26. The number of hydrogen-bond acceptors (Lipinski definition) is 3. The highest BCUT2D eigenvalue weighted by Crippen LogP contribution is 2.19. The van der Waals surface area contributed by atoms with Gasteiger partial charge >= 0.3 is 0 Å². The monoisotopic (exact) mass is 211 g/mol. The summed E-state index contributed by atoms with van der Waals surface area (Å²) in [6.07, 6.45) is 5.43. The number of likely N-dealkylation sites (tertiary alicyclic amines) is 1. The minimum absolute atomic E-state index is 0.784. The van der Waals surface area contributed by atoms with Crippen LogP contribution in [0.4, 0.5) is 0 Å². The van der Waals surface area contributed by atoms with Crippen molar-refractivity contribution in [2.24, 2.45) is 0 Å². The Morgan fingerprint density at radius 3 is 2.47 bits per heavy atom. The lowest BCUT2D eigenvalue weighted by Gasteiger charge is -2.41. The average Bonchev–Trinajstić information content (AvgIpc) is 2.30. The molecule has 3 heteroatoms. The highest BCUT2D eigenvalue weighted by atomic mass is 15.2. The Bertz CT molecular complexity index is 181. The summed E-state index contributed by atoms with van der Waals surface area (Å²) >= 11 is 0. The van der Waals surface area contributed by atoms with Crippen molar-refractivity contribution in [1.29, 1.82) is 0 Å². The van der Waals surface area contributed by atoms with Gasteiger partial charge in [-0.2, -0.15) is 0 Å². The number of hydrogen-bond donors (Lipinski definition) is 1. The molecule has 15 heavy (non-hydrogen) atoms. The first-order chi connectivity index (χ1) is 7.27. The van der Waals surface area contributed by atoms with Crippen molar-refractivity contribution in [3.63, 3.8) is 0 Å². The maximum atomic E-state index is 3.51. The predicted molar refractivity (Wildman–Crippen MR) is 64.2 cm³/mol. The largest absolute Gasteiger partial charge is 0.315 e. The first-order valence-corrected chi connectivity index (χ1v) is 6.38. The molecular weight excluding hydrogens is 186 g/mol. The van der Waals surface area contributed by atoms with Gasteiger partial charge in [-0.1, -0.05) is 0 Å². The number of piperidine rings is 2. The summed E-state index contributed by atoms with van der Waals surface area (Å²) in [7, 11) is 4.56. The van der Waals surface area contributed by atoms with E-state index in [2.05, 4.69) is 29.2 Å². The molecule has 0 radical (unpaired) electrons. The van der Waals surface area contributed by atoms with Gasteiger partial charge in [-0.05, 0) is 59.4 Å². The molecule has 0 bridgehead atoms. The second-order valence-corrected chi connectivity index (χ2v) is 5.20. The normalized spacial score (nSPS) is 31.0. The van der Waals surface area contributed by atoms with Crippen molar-refractivity contribution in [3.8, 4) is 0 Å². The fraction of sp³-hybridized carbons (Fsp3) is 1.00. The molecule has 2 fully saturated rings. The summed E-state index contributed by atoms with van der Waals surface area (Å²) in [4.78, 5) is 5.09. The first-order valence-electron chi connectivity index (χ1n) is 6.38. The van der Waals surface area contributed by atoms with Crippen LogP contribution >= 0.6 is 0 Å². The van der Waals surface area contributed by atoms with Crippen molar-refractivity contribution in [3.05, 3.63) is 0 Å². The smallest absolute Gasteiger partial charge is 0.0221 e. The van der Waals surface area contributed by atoms with E-state index in [4.69, 9.17) is 0 Å². The number of rotatable bonds is 2. The van der Waals surface area contributed by atoms with Crippen molar-refractivity contribution < 1.29 is 0 Å².